The fourth-order valence-corrected chi connectivity index (χ4v) is 3.66. The van der Waals surface area contributed by atoms with Gasteiger partial charge in [0.05, 0.1) is 0 Å². The predicted molar refractivity (Wildman–Crippen MR) is 86.2 cm³/mol. The van der Waals surface area contributed by atoms with Crippen molar-refractivity contribution in [2.45, 2.75) is 58.3 Å². The van der Waals surface area contributed by atoms with Crippen molar-refractivity contribution in [2.24, 2.45) is 17.8 Å². The van der Waals surface area contributed by atoms with Crippen molar-refractivity contribution in [1.29, 1.82) is 0 Å². The highest BCUT2D eigenvalue weighted by atomic mass is 35.5. The third-order valence-corrected chi connectivity index (χ3v) is 5.05. The zero-order valence-corrected chi connectivity index (χ0v) is 13.6. The van der Waals surface area contributed by atoms with E-state index in [2.05, 4.69) is 17.6 Å². The van der Waals surface area contributed by atoms with Gasteiger partial charge in [-0.1, -0.05) is 32.6 Å². The van der Waals surface area contributed by atoms with E-state index in [1.807, 2.05) is 0 Å². The van der Waals surface area contributed by atoms with Crippen molar-refractivity contribution >= 4 is 18.3 Å². The lowest BCUT2D eigenvalue weighted by Crippen LogP contribution is -2.33. The van der Waals surface area contributed by atoms with Crippen molar-refractivity contribution in [3.05, 3.63) is 0 Å². The molecule has 1 heterocycles. The molecular formula is C16H31ClN2O. The molecule has 2 rings (SSSR count). The Labute approximate surface area is 130 Å². The Bertz CT molecular complexity index is 274. The maximum Gasteiger partial charge on any atom is 0.220 e. The van der Waals surface area contributed by atoms with Gasteiger partial charge in [-0.15, -0.1) is 12.4 Å². The largest absolute Gasteiger partial charge is 0.356 e. The van der Waals surface area contributed by atoms with Gasteiger partial charge in [0.25, 0.3) is 0 Å². The van der Waals surface area contributed by atoms with Gasteiger partial charge in [0.1, 0.15) is 0 Å². The van der Waals surface area contributed by atoms with E-state index in [4.69, 9.17) is 0 Å². The Morgan fingerprint density at radius 1 is 1.20 bits per heavy atom. The second kappa shape index (κ2) is 9.62. The van der Waals surface area contributed by atoms with Crippen LogP contribution in [-0.4, -0.2) is 25.5 Å². The number of hydrogen-bond acceptors (Lipinski definition) is 2. The molecule has 0 radical (unpaired) electrons. The molecule has 0 aromatic carbocycles. The SMILES string of the molecule is CC(CC(=O)NCCC1CCCC1)C1CCNCC1.Cl. The number of hydrogen-bond donors (Lipinski definition) is 2. The van der Waals surface area contributed by atoms with Crippen LogP contribution in [0.25, 0.3) is 0 Å². The Morgan fingerprint density at radius 3 is 2.50 bits per heavy atom. The van der Waals surface area contributed by atoms with Crippen molar-refractivity contribution < 1.29 is 4.79 Å². The number of nitrogens with one attached hydrogen (secondary N) is 2. The standard InChI is InChI=1S/C16H30N2O.ClH/c1-13(15-7-9-17-10-8-15)12-16(19)18-11-6-14-4-2-3-5-14;/h13-15,17H,2-12H2,1H3,(H,18,19);1H. The molecule has 0 aromatic heterocycles. The smallest absolute Gasteiger partial charge is 0.220 e. The molecule has 1 saturated carbocycles. The topological polar surface area (TPSA) is 41.1 Å². The van der Waals surface area contributed by atoms with Crippen LogP contribution < -0.4 is 10.6 Å². The quantitative estimate of drug-likeness (QED) is 0.791. The summed E-state index contributed by atoms with van der Waals surface area (Å²) >= 11 is 0. The summed E-state index contributed by atoms with van der Waals surface area (Å²) < 4.78 is 0. The Kier molecular flexibility index (Phi) is 8.55. The summed E-state index contributed by atoms with van der Waals surface area (Å²) in [5.74, 6) is 2.42. The van der Waals surface area contributed by atoms with E-state index in [9.17, 15) is 4.79 Å². The number of rotatable bonds is 6. The van der Waals surface area contributed by atoms with Crippen LogP contribution in [0.5, 0.6) is 0 Å². The van der Waals surface area contributed by atoms with Crippen LogP contribution in [0.15, 0.2) is 0 Å². The average Bonchev–Trinajstić information content (AvgIpc) is 2.93. The van der Waals surface area contributed by atoms with E-state index in [1.54, 1.807) is 0 Å². The summed E-state index contributed by atoms with van der Waals surface area (Å²) in [6.45, 7) is 5.38. The first kappa shape index (κ1) is 17.8. The first-order valence-corrected chi connectivity index (χ1v) is 8.23. The highest BCUT2D eigenvalue weighted by Crippen LogP contribution is 2.27. The maximum atomic E-state index is 11.9. The molecule has 4 heteroatoms. The summed E-state index contributed by atoms with van der Waals surface area (Å²) in [5.41, 5.74) is 0. The molecule has 118 valence electrons. The zero-order valence-electron chi connectivity index (χ0n) is 12.8. The third kappa shape index (κ3) is 6.01. The first-order chi connectivity index (χ1) is 9.25. The average molecular weight is 303 g/mol. The van der Waals surface area contributed by atoms with Gasteiger partial charge in [-0.25, -0.2) is 0 Å². The highest BCUT2D eigenvalue weighted by molar-refractivity contribution is 5.85. The van der Waals surface area contributed by atoms with E-state index < -0.39 is 0 Å². The van der Waals surface area contributed by atoms with Crippen molar-refractivity contribution in [1.82, 2.24) is 10.6 Å². The number of piperidine rings is 1. The number of halogens is 1. The molecule has 1 atom stereocenters. The molecule has 1 aliphatic carbocycles. The number of carbonyl (C=O) groups is 1. The van der Waals surface area contributed by atoms with Gasteiger partial charge in [-0.3, -0.25) is 4.79 Å². The monoisotopic (exact) mass is 302 g/mol. The van der Waals surface area contributed by atoms with Crippen LogP contribution in [0, 0.1) is 17.8 Å². The molecule has 0 aromatic rings. The third-order valence-electron chi connectivity index (χ3n) is 5.05. The van der Waals surface area contributed by atoms with Crippen LogP contribution in [0.3, 0.4) is 0 Å². The molecule has 1 saturated heterocycles. The molecule has 1 amide bonds. The minimum atomic E-state index is 0. The second-order valence-electron chi connectivity index (χ2n) is 6.56. The summed E-state index contributed by atoms with van der Waals surface area (Å²) in [7, 11) is 0. The van der Waals surface area contributed by atoms with E-state index >= 15 is 0 Å². The van der Waals surface area contributed by atoms with Crippen molar-refractivity contribution in [3.63, 3.8) is 0 Å². The number of amides is 1. The predicted octanol–water partition coefficient (Wildman–Crippen LogP) is 3.13. The van der Waals surface area contributed by atoms with Gasteiger partial charge in [0, 0.05) is 13.0 Å². The van der Waals surface area contributed by atoms with Gasteiger partial charge < -0.3 is 10.6 Å². The minimum absolute atomic E-state index is 0. The minimum Gasteiger partial charge on any atom is -0.356 e. The lowest BCUT2D eigenvalue weighted by molar-refractivity contribution is -0.122. The van der Waals surface area contributed by atoms with E-state index in [1.165, 1.54) is 44.9 Å². The molecule has 3 nitrogen and oxygen atoms in total. The van der Waals surface area contributed by atoms with E-state index in [0.717, 1.165) is 37.9 Å². The molecule has 2 fully saturated rings. The van der Waals surface area contributed by atoms with Crippen LogP contribution >= 0.6 is 12.4 Å². The molecule has 20 heavy (non-hydrogen) atoms. The van der Waals surface area contributed by atoms with Crippen molar-refractivity contribution in [2.75, 3.05) is 19.6 Å². The highest BCUT2D eigenvalue weighted by Gasteiger charge is 2.22. The van der Waals surface area contributed by atoms with Crippen LogP contribution in [-0.2, 0) is 4.79 Å². The normalized spacial score (nSPS) is 22.2. The first-order valence-electron chi connectivity index (χ1n) is 8.23. The summed E-state index contributed by atoms with van der Waals surface area (Å²) in [5, 5.41) is 6.51. The molecule has 2 N–H and O–H groups in total. The lowest BCUT2D eigenvalue weighted by atomic mass is 9.84. The van der Waals surface area contributed by atoms with Gasteiger partial charge in [-0.05, 0) is 50.1 Å². The summed E-state index contributed by atoms with van der Waals surface area (Å²) in [4.78, 5) is 11.9. The van der Waals surface area contributed by atoms with Crippen molar-refractivity contribution in [3.8, 4) is 0 Å². The maximum absolute atomic E-state index is 11.9. The fourth-order valence-electron chi connectivity index (χ4n) is 3.66. The van der Waals surface area contributed by atoms with E-state index in [0.29, 0.717) is 5.92 Å². The van der Waals surface area contributed by atoms with Crippen LogP contribution in [0.2, 0.25) is 0 Å². The molecule has 0 spiro atoms. The summed E-state index contributed by atoms with van der Waals surface area (Å²) in [6, 6.07) is 0. The molecule has 1 unspecified atom stereocenters. The van der Waals surface area contributed by atoms with Crippen LogP contribution in [0.4, 0.5) is 0 Å². The fraction of sp³-hybridized carbons (Fsp3) is 0.938. The molecule has 0 bridgehead atoms. The molecular weight excluding hydrogens is 272 g/mol. The second-order valence-corrected chi connectivity index (χ2v) is 6.56. The Hall–Kier alpha value is -0.280. The summed E-state index contributed by atoms with van der Waals surface area (Å²) in [6.07, 6.45) is 9.91. The van der Waals surface area contributed by atoms with Gasteiger partial charge in [-0.2, -0.15) is 0 Å². The zero-order chi connectivity index (χ0) is 13.5. The van der Waals surface area contributed by atoms with Crippen LogP contribution in [0.1, 0.15) is 58.3 Å². The van der Waals surface area contributed by atoms with Gasteiger partial charge >= 0.3 is 0 Å². The Morgan fingerprint density at radius 2 is 1.85 bits per heavy atom. The van der Waals surface area contributed by atoms with E-state index in [-0.39, 0.29) is 18.3 Å². The number of carbonyl (C=O) groups excluding carboxylic acids is 1. The van der Waals surface area contributed by atoms with Gasteiger partial charge in [0.2, 0.25) is 5.91 Å². The molecule has 2 aliphatic rings. The lowest BCUT2D eigenvalue weighted by Gasteiger charge is -2.27. The van der Waals surface area contributed by atoms with Gasteiger partial charge in [0.15, 0.2) is 0 Å². The Balaban J connectivity index is 0.00000200. The molecule has 1 aliphatic heterocycles.